The van der Waals surface area contributed by atoms with Crippen LogP contribution in [-0.4, -0.2) is 14.5 Å². The second-order valence-corrected chi connectivity index (χ2v) is 4.54. The molecule has 2 heterocycles. The van der Waals surface area contributed by atoms with Crippen LogP contribution >= 0.6 is 11.6 Å². The molecule has 2 aromatic heterocycles. The second kappa shape index (κ2) is 4.35. The number of hydrogen-bond donors (Lipinski definition) is 1. The normalized spacial score (nSPS) is 10.9. The molecule has 4 heteroatoms. The predicted molar refractivity (Wildman–Crippen MR) is 71.1 cm³/mol. The molecule has 0 aliphatic carbocycles. The fraction of sp³-hybridized carbons (Fsp3) is 0.0714. The molecule has 0 aliphatic heterocycles. The highest BCUT2D eigenvalue weighted by molar-refractivity contribution is 6.29. The number of aromatic hydroxyl groups is 1. The van der Waals surface area contributed by atoms with Crippen LogP contribution in [0, 0.1) is 0 Å². The number of benzene rings is 1. The fourth-order valence-corrected chi connectivity index (χ4v) is 2.20. The Morgan fingerprint density at radius 3 is 2.78 bits per heavy atom. The molecule has 18 heavy (non-hydrogen) atoms. The van der Waals surface area contributed by atoms with E-state index in [-0.39, 0.29) is 5.75 Å². The zero-order valence-electron chi connectivity index (χ0n) is 9.55. The first kappa shape index (κ1) is 11.1. The van der Waals surface area contributed by atoms with E-state index in [0.29, 0.717) is 11.6 Å². The van der Waals surface area contributed by atoms with Crippen molar-refractivity contribution < 1.29 is 5.11 Å². The van der Waals surface area contributed by atoms with Gasteiger partial charge in [-0.2, -0.15) is 0 Å². The van der Waals surface area contributed by atoms with Gasteiger partial charge in [-0.25, -0.2) is 4.98 Å². The van der Waals surface area contributed by atoms with E-state index in [1.54, 1.807) is 12.1 Å². The Bertz CT molecular complexity index is 706. The Hall–Kier alpha value is -2.00. The van der Waals surface area contributed by atoms with E-state index in [4.69, 9.17) is 11.6 Å². The van der Waals surface area contributed by atoms with Crippen LogP contribution in [0.5, 0.6) is 5.75 Å². The van der Waals surface area contributed by atoms with Gasteiger partial charge in [0.1, 0.15) is 16.5 Å². The molecular weight excluding hydrogens is 248 g/mol. The number of halogens is 1. The number of pyridine rings is 1. The molecule has 90 valence electrons. The summed E-state index contributed by atoms with van der Waals surface area (Å²) >= 11 is 6.08. The van der Waals surface area contributed by atoms with Crippen LogP contribution in [0.15, 0.2) is 48.7 Å². The van der Waals surface area contributed by atoms with Crippen LogP contribution in [0.4, 0.5) is 0 Å². The number of rotatable bonds is 2. The molecule has 0 radical (unpaired) electrons. The van der Waals surface area contributed by atoms with Gasteiger partial charge in [0.05, 0.1) is 5.69 Å². The summed E-state index contributed by atoms with van der Waals surface area (Å²) in [7, 11) is 0. The number of aromatic nitrogens is 2. The van der Waals surface area contributed by atoms with E-state index in [2.05, 4.69) is 4.98 Å². The minimum Gasteiger partial charge on any atom is -0.508 e. The number of nitrogens with zero attached hydrogens (tertiary/aromatic N) is 2. The molecule has 0 saturated carbocycles. The number of hydrogen-bond acceptors (Lipinski definition) is 2. The van der Waals surface area contributed by atoms with Crippen molar-refractivity contribution in [2.75, 3.05) is 0 Å². The van der Waals surface area contributed by atoms with Crippen molar-refractivity contribution in [3.05, 3.63) is 65.1 Å². The highest BCUT2D eigenvalue weighted by atomic mass is 35.5. The molecule has 0 atom stereocenters. The zero-order valence-corrected chi connectivity index (χ0v) is 10.3. The third-order valence-electron chi connectivity index (χ3n) is 2.79. The number of phenolic OH excluding ortho intramolecular Hbond substituents is 1. The molecule has 0 spiro atoms. The van der Waals surface area contributed by atoms with Crippen molar-refractivity contribution in [2.45, 2.75) is 6.42 Å². The van der Waals surface area contributed by atoms with E-state index < -0.39 is 0 Å². The highest BCUT2D eigenvalue weighted by Gasteiger charge is 2.05. The monoisotopic (exact) mass is 258 g/mol. The minimum absolute atomic E-state index is 0.272. The lowest BCUT2D eigenvalue weighted by Gasteiger charge is -1.98. The number of phenols is 1. The van der Waals surface area contributed by atoms with Gasteiger partial charge < -0.3 is 5.11 Å². The Kier molecular flexibility index (Phi) is 2.68. The van der Waals surface area contributed by atoms with E-state index in [1.165, 1.54) is 0 Å². The Morgan fingerprint density at radius 2 is 2.00 bits per heavy atom. The molecule has 0 fully saturated rings. The van der Waals surface area contributed by atoms with E-state index in [0.717, 1.165) is 16.9 Å². The quantitative estimate of drug-likeness (QED) is 0.717. The summed E-state index contributed by atoms with van der Waals surface area (Å²) in [4.78, 5) is 4.50. The average Bonchev–Trinajstić information content (AvgIpc) is 2.73. The Morgan fingerprint density at radius 1 is 1.17 bits per heavy atom. The van der Waals surface area contributed by atoms with Gasteiger partial charge in [0.25, 0.3) is 0 Å². The van der Waals surface area contributed by atoms with Crippen molar-refractivity contribution >= 4 is 17.2 Å². The molecule has 0 aliphatic rings. The van der Waals surface area contributed by atoms with Gasteiger partial charge in [-0.05, 0) is 29.8 Å². The smallest absolute Gasteiger partial charge is 0.138 e. The van der Waals surface area contributed by atoms with Crippen LogP contribution in [0.3, 0.4) is 0 Å². The van der Waals surface area contributed by atoms with Crippen molar-refractivity contribution in [1.29, 1.82) is 0 Å². The summed E-state index contributed by atoms with van der Waals surface area (Å²) in [5.41, 5.74) is 2.78. The van der Waals surface area contributed by atoms with E-state index >= 15 is 0 Å². The number of imidazole rings is 1. The molecule has 1 N–H and O–H groups in total. The molecule has 3 nitrogen and oxygen atoms in total. The lowest BCUT2D eigenvalue weighted by molar-refractivity contribution is 0.474. The van der Waals surface area contributed by atoms with Crippen molar-refractivity contribution in [1.82, 2.24) is 9.38 Å². The third kappa shape index (κ3) is 2.05. The van der Waals surface area contributed by atoms with E-state index in [9.17, 15) is 5.11 Å². The highest BCUT2D eigenvalue weighted by Crippen LogP contribution is 2.17. The van der Waals surface area contributed by atoms with Gasteiger partial charge in [0, 0.05) is 12.6 Å². The first-order chi connectivity index (χ1) is 8.72. The average molecular weight is 259 g/mol. The minimum atomic E-state index is 0.272. The maximum atomic E-state index is 9.43. The predicted octanol–water partition coefficient (Wildman–Crippen LogP) is 3.28. The summed E-state index contributed by atoms with van der Waals surface area (Å²) in [6.07, 6.45) is 2.59. The molecule has 0 bridgehead atoms. The van der Waals surface area contributed by atoms with Gasteiger partial charge in [-0.15, -0.1) is 0 Å². The maximum absolute atomic E-state index is 9.43. The fourth-order valence-electron chi connectivity index (χ4n) is 1.99. The van der Waals surface area contributed by atoms with Gasteiger partial charge in [0.2, 0.25) is 0 Å². The first-order valence-electron chi connectivity index (χ1n) is 5.63. The van der Waals surface area contributed by atoms with Crippen molar-refractivity contribution in [2.24, 2.45) is 0 Å². The standard InChI is InChI=1S/C14H11ClN2O/c15-13-5-2-6-14-16-11(9-17(13)14)7-10-3-1-4-12(18)8-10/h1-6,8-9,18H,7H2. The Labute approximate surface area is 109 Å². The zero-order chi connectivity index (χ0) is 12.5. The van der Waals surface area contributed by atoms with Crippen LogP contribution in [0.2, 0.25) is 5.15 Å². The maximum Gasteiger partial charge on any atom is 0.138 e. The van der Waals surface area contributed by atoms with Crippen LogP contribution in [0.25, 0.3) is 5.65 Å². The first-order valence-corrected chi connectivity index (χ1v) is 6.00. The van der Waals surface area contributed by atoms with E-state index in [1.807, 2.05) is 40.9 Å². The molecule has 3 rings (SSSR count). The molecule has 1 aromatic carbocycles. The topological polar surface area (TPSA) is 37.5 Å². The molecule has 0 amide bonds. The summed E-state index contributed by atoms with van der Waals surface area (Å²) in [5.74, 6) is 0.272. The van der Waals surface area contributed by atoms with Crippen molar-refractivity contribution in [3.63, 3.8) is 0 Å². The second-order valence-electron chi connectivity index (χ2n) is 4.16. The number of fused-ring (bicyclic) bond motifs is 1. The van der Waals surface area contributed by atoms with Gasteiger partial charge in [0.15, 0.2) is 0 Å². The van der Waals surface area contributed by atoms with Crippen LogP contribution in [0.1, 0.15) is 11.3 Å². The Balaban J connectivity index is 1.98. The lowest BCUT2D eigenvalue weighted by atomic mass is 10.1. The van der Waals surface area contributed by atoms with Crippen LogP contribution < -0.4 is 0 Å². The third-order valence-corrected chi connectivity index (χ3v) is 3.10. The lowest BCUT2D eigenvalue weighted by Crippen LogP contribution is -1.87. The molecule has 3 aromatic rings. The molecular formula is C14H11ClN2O. The molecule has 0 saturated heterocycles. The largest absolute Gasteiger partial charge is 0.508 e. The molecule has 0 unspecified atom stereocenters. The van der Waals surface area contributed by atoms with Gasteiger partial charge in [-0.3, -0.25) is 4.40 Å². The van der Waals surface area contributed by atoms with Crippen molar-refractivity contribution in [3.8, 4) is 5.75 Å². The summed E-state index contributed by atoms with van der Waals surface area (Å²) in [5, 5.41) is 10.1. The summed E-state index contributed by atoms with van der Waals surface area (Å²) in [6, 6.07) is 12.8. The SMILES string of the molecule is Oc1cccc(Cc2cn3c(Cl)cccc3n2)c1. The summed E-state index contributed by atoms with van der Waals surface area (Å²) < 4.78 is 1.85. The van der Waals surface area contributed by atoms with Crippen LogP contribution in [-0.2, 0) is 6.42 Å². The summed E-state index contributed by atoms with van der Waals surface area (Å²) in [6.45, 7) is 0. The van der Waals surface area contributed by atoms with Gasteiger partial charge in [-0.1, -0.05) is 29.8 Å². The van der Waals surface area contributed by atoms with Gasteiger partial charge >= 0.3 is 0 Å².